The summed E-state index contributed by atoms with van der Waals surface area (Å²) in [6, 6.07) is 6.41. The highest BCUT2D eigenvalue weighted by Crippen LogP contribution is 2.32. The lowest BCUT2D eigenvalue weighted by Crippen LogP contribution is -3.00. The van der Waals surface area contributed by atoms with Crippen LogP contribution in [0, 0.1) is 0 Å². The summed E-state index contributed by atoms with van der Waals surface area (Å²) >= 11 is 0.597. The normalized spacial score (nSPS) is 12.6. The molecule has 1 heterocycles. The van der Waals surface area contributed by atoms with E-state index in [0.29, 0.717) is 27.9 Å². The SMILES string of the molecule is C[N+](C)(C)Cc1cc(S(=O)(=O)c2ccc(S(N)(=O)=O)s2)ccc1O.[I-]. The molecule has 2 aromatic rings. The molecule has 2 rings (SSSR count). The lowest BCUT2D eigenvalue weighted by molar-refractivity contribution is -0.884. The Labute approximate surface area is 168 Å². The third kappa shape index (κ3) is 5.37. The maximum atomic E-state index is 12.7. The molecule has 1 aromatic carbocycles. The molecule has 0 aliphatic carbocycles. The van der Waals surface area contributed by atoms with E-state index in [2.05, 4.69) is 0 Å². The molecule has 0 saturated heterocycles. The second kappa shape index (κ2) is 7.48. The van der Waals surface area contributed by atoms with Gasteiger partial charge in [0.2, 0.25) is 19.9 Å². The van der Waals surface area contributed by atoms with Crippen LogP contribution in [0.2, 0.25) is 0 Å². The van der Waals surface area contributed by atoms with Crippen molar-refractivity contribution in [2.75, 3.05) is 21.1 Å². The van der Waals surface area contributed by atoms with Crippen LogP contribution in [0.4, 0.5) is 0 Å². The number of hydrogen-bond acceptors (Lipinski definition) is 6. The number of benzene rings is 1. The maximum absolute atomic E-state index is 12.7. The average molecular weight is 518 g/mol. The molecule has 1 aromatic heterocycles. The number of primary sulfonamides is 1. The first-order chi connectivity index (χ1) is 10.8. The highest BCUT2D eigenvalue weighted by molar-refractivity contribution is 7.95. The number of nitrogens with two attached hydrogens (primary N) is 1. The molecule has 0 atom stereocenters. The lowest BCUT2D eigenvalue weighted by Gasteiger charge is -2.24. The smallest absolute Gasteiger partial charge is 0.247 e. The van der Waals surface area contributed by atoms with Crippen LogP contribution in [0.15, 0.2) is 43.6 Å². The minimum absolute atomic E-state index is 0. The average Bonchev–Trinajstić information content (AvgIpc) is 2.89. The van der Waals surface area contributed by atoms with E-state index >= 15 is 0 Å². The maximum Gasteiger partial charge on any atom is 0.247 e. The van der Waals surface area contributed by atoms with Crippen LogP contribution < -0.4 is 29.1 Å². The monoisotopic (exact) mass is 518 g/mol. The molecular weight excluding hydrogens is 499 g/mol. The van der Waals surface area contributed by atoms with Crippen molar-refractivity contribution in [3.8, 4) is 5.75 Å². The fourth-order valence-corrected chi connectivity index (χ4v) is 5.72. The highest BCUT2D eigenvalue weighted by Gasteiger charge is 2.24. The molecule has 0 aliphatic rings. The predicted molar refractivity (Wildman–Crippen MR) is 91.0 cm³/mol. The Hall–Kier alpha value is -0.730. The van der Waals surface area contributed by atoms with Gasteiger partial charge in [-0.3, -0.25) is 0 Å². The number of phenols is 1. The van der Waals surface area contributed by atoms with Crippen molar-refractivity contribution in [1.82, 2.24) is 0 Å². The Bertz CT molecular complexity index is 976. The van der Waals surface area contributed by atoms with E-state index < -0.39 is 19.9 Å². The molecule has 0 radical (unpaired) electrons. The van der Waals surface area contributed by atoms with Crippen LogP contribution in [0.5, 0.6) is 5.75 Å². The largest absolute Gasteiger partial charge is 1.00 e. The summed E-state index contributed by atoms with van der Waals surface area (Å²) in [5, 5.41) is 15.0. The number of nitrogens with zero attached hydrogens (tertiary/aromatic N) is 1. The first kappa shape index (κ1) is 22.3. The lowest BCUT2D eigenvalue weighted by atomic mass is 10.2. The van der Waals surface area contributed by atoms with Crippen molar-refractivity contribution >= 4 is 31.2 Å². The fourth-order valence-electron chi connectivity index (χ4n) is 2.08. The number of rotatable bonds is 5. The van der Waals surface area contributed by atoms with Crippen LogP contribution in [0.25, 0.3) is 0 Å². The zero-order valence-corrected chi connectivity index (χ0v) is 18.4. The van der Waals surface area contributed by atoms with Gasteiger partial charge in [-0.1, -0.05) is 0 Å². The zero-order chi connectivity index (χ0) is 18.3. The summed E-state index contributed by atoms with van der Waals surface area (Å²) in [4.78, 5) is -0.00781. The van der Waals surface area contributed by atoms with Crippen molar-refractivity contribution in [2.24, 2.45) is 5.14 Å². The quantitative estimate of drug-likeness (QED) is 0.356. The number of sulfone groups is 1. The predicted octanol–water partition coefficient (Wildman–Crippen LogP) is -1.86. The van der Waals surface area contributed by atoms with E-state index in [1.807, 2.05) is 21.1 Å². The molecule has 0 amide bonds. The second-order valence-electron chi connectivity index (χ2n) is 6.36. The van der Waals surface area contributed by atoms with Crippen LogP contribution in [-0.2, 0) is 26.4 Å². The molecule has 0 saturated carbocycles. The Kier molecular flexibility index (Phi) is 6.68. The van der Waals surface area contributed by atoms with Gasteiger partial charge in [-0.25, -0.2) is 22.0 Å². The van der Waals surface area contributed by atoms with Gasteiger partial charge in [0.15, 0.2) is 0 Å². The Morgan fingerprint density at radius 1 is 1.04 bits per heavy atom. The van der Waals surface area contributed by atoms with Crippen molar-refractivity contribution in [2.45, 2.75) is 19.9 Å². The van der Waals surface area contributed by atoms with Gasteiger partial charge in [-0.05, 0) is 30.3 Å². The van der Waals surface area contributed by atoms with Gasteiger partial charge >= 0.3 is 0 Å². The second-order valence-corrected chi connectivity index (χ2v) is 11.4. The molecule has 3 N–H and O–H groups in total. The first-order valence-electron chi connectivity index (χ1n) is 6.81. The van der Waals surface area contributed by atoms with Crippen LogP contribution >= 0.6 is 11.3 Å². The zero-order valence-electron chi connectivity index (χ0n) is 13.8. The van der Waals surface area contributed by atoms with Crippen molar-refractivity contribution in [1.29, 1.82) is 0 Å². The van der Waals surface area contributed by atoms with Gasteiger partial charge in [0.25, 0.3) is 0 Å². The van der Waals surface area contributed by atoms with Crippen molar-refractivity contribution in [3.63, 3.8) is 0 Å². The molecular formula is C14H19IN2O5S3. The molecule has 0 fully saturated rings. The summed E-state index contributed by atoms with van der Waals surface area (Å²) in [5.41, 5.74) is 0.492. The number of hydrogen-bond donors (Lipinski definition) is 2. The number of thiophene rings is 1. The summed E-state index contributed by atoms with van der Waals surface area (Å²) in [6.45, 7) is 0.433. The molecule has 0 bridgehead atoms. The summed E-state index contributed by atoms with van der Waals surface area (Å²) in [5.74, 6) is 0.0124. The van der Waals surface area contributed by atoms with E-state index in [1.165, 1.54) is 30.3 Å². The van der Waals surface area contributed by atoms with Gasteiger partial charge in [0.05, 0.1) is 26.0 Å². The summed E-state index contributed by atoms with van der Waals surface area (Å²) in [7, 11) is -2.10. The number of halogens is 1. The number of aromatic hydroxyl groups is 1. The van der Waals surface area contributed by atoms with Crippen LogP contribution in [0.3, 0.4) is 0 Å². The van der Waals surface area contributed by atoms with E-state index in [1.54, 1.807) is 0 Å². The van der Waals surface area contributed by atoms with Gasteiger partial charge in [-0.2, -0.15) is 0 Å². The molecule has 140 valence electrons. The standard InChI is InChI=1S/C14H18N2O5S3.HI/c1-16(2,3)9-10-8-11(4-5-12(10)17)23(18,19)13-6-7-14(22-13)24(15,20)21;/h4-8H,9H2,1-3H3,(H2-,15,17,20,21);1H. The van der Waals surface area contributed by atoms with E-state index in [9.17, 15) is 21.9 Å². The molecule has 11 heteroatoms. The van der Waals surface area contributed by atoms with Gasteiger partial charge < -0.3 is 33.6 Å². The molecule has 7 nitrogen and oxygen atoms in total. The van der Waals surface area contributed by atoms with E-state index in [0.717, 1.165) is 0 Å². The minimum atomic E-state index is -3.95. The minimum Gasteiger partial charge on any atom is -1.00 e. The Morgan fingerprint density at radius 3 is 2.08 bits per heavy atom. The molecule has 25 heavy (non-hydrogen) atoms. The summed E-state index contributed by atoms with van der Waals surface area (Å²) in [6.07, 6.45) is 0. The van der Waals surface area contributed by atoms with E-state index in [-0.39, 0.29) is 43.0 Å². The van der Waals surface area contributed by atoms with Crippen LogP contribution in [0.1, 0.15) is 5.56 Å². The summed E-state index contributed by atoms with van der Waals surface area (Å²) < 4.78 is 48.2. The fraction of sp³-hybridized carbons (Fsp3) is 0.286. The van der Waals surface area contributed by atoms with Crippen LogP contribution in [-0.4, -0.2) is 47.6 Å². The third-order valence-corrected chi connectivity index (χ3v) is 7.87. The van der Waals surface area contributed by atoms with Crippen molar-refractivity contribution < 1.29 is 50.4 Å². The van der Waals surface area contributed by atoms with E-state index in [4.69, 9.17) is 5.14 Å². The number of phenolic OH excluding ortho intramolecular Hbond substituents is 1. The molecule has 0 aliphatic heterocycles. The van der Waals surface area contributed by atoms with Gasteiger partial charge in [-0.15, -0.1) is 11.3 Å². The Morgan fingerprint density at radius 2 is 1.60 bits per heavy atom. The topological polar surface area (TPSA) is 115 Å². The van der Waals surface area contributed by atoms with Gasteiger partial charge in [0, 0.05) is 5.56 Å². The molecule has 0 spiro atoms. The number of sulfonamides is 1. The third-order valence-electron chi connectivity index (χ3n) is 3.11. The first-order valence-corrected chi connectivity index (χ1v) is 10.7. The molecule has 0 unspecified atom stereocenters. The Balaban J connectivity index is 0.00000312. The van der Waals surface area contributed by atoms with Gasteiger partial charge in [0.1, 0.15) is 20.7 Å². The number of quaternary nitrogens is 1. The highest BCUT2D eigenvalue weighted by atomic mass is 127. The van der Waals surface area contributed by atoms with Crippen molar-refractivity contribution in [3.05, 3.63) is 35.9 Å².